The fourth-order valence-corrected chi connectivity index (χ4v) is 2.27. The van der Waals surface area contributed by atoms with Crippen LogP contribution < -0.4 is 10.5 Å². The number of benzene rings is 1. The molecule has 17 heavy (non-hydrogen) atoms. The van der Waals surface area contributed by atoms with E-state index in [-0.39, 0.29) is 0 Å². The van der Waals surface area contributed by atoms with E-state index in [1.165, 1.54) is 0 Å². The molecule has 4 nitrogen and oxygen atoms in total. The van der Waals surface area contributed by atoms with Crippen molar-refractivity contribution in [3.8, 4) is 11.4 Å². The third-order valence-electron chi connectivity index (χ3n) is 2.38. The number of nitrogens with zero attached hydrogens (tertiary/aromatic N) is 2. The highest BCUT2D eigenvalue weighted by Gasteiger charge is 2.11. The highest BCUT2D eigenvalue weighted by atomic mass is 32.2. The second-order valence-electron chi connectivity index (χ2n) is 3.41. The number of nitrogen functional groups attached to an aromatic ring is 1. The van der Waals surface area contributed by atoms with Crippen molar-refractivity contribution in [3.63, 3.8) is 0 Å². The summed E-state index contributed by atoms with van der Waals surface area (Å²) in [5.74, 6) is 2.39. The molecular weight excluding hydrogens is 234 g/mol. The van der Waals surface area contributed by atoms with Crippen molar-refractivity contribution in [2.24, 2.45) is 0 Å². The lowest BCUT2D eigenvalue weighted by Gasteiger charge is -2.09. The standard InChI is InChI=1S/C12H15N3OS/c1-3-17-11-8-14-15(12(11)13)9-6-4-5-7-10(9)16-2/h4-8H,3,13H2,1-2H3. The first-order valence-electron chi connectivity index (χ1n) is 5.37. The zero-order valence-electron chi connectivity index (χ0n) is 9.88. The Balaban J connectivity index is 2.46. The second kappa shape index (κ2) is 5.14. The number of rotatable bonds is 4. The maximum Gasteiger partial charge on any atom is 0.144 e. The molecule has 2 N–H and O–H groups in total. The second-order valence-corrected chi connectivity index (χ2v) is 4.72. The molecule has 0 amide bonds. The first-order valence-corrected chi connectivity index (χ1v) is 6.36. The van der Waals surface area contributed by atoms with Crippen LogP contribution in [0.25, 0.3) is 5.69 Å². The van der Waals surface area contributed by atoms with E-state index in [2.05, 4.69) is 12.0 Å². The molecule has 1 aromatic carbocycles. The fourth-order valence-electron chi connectivity index (χ4n) is 1.61. The fraction of sp³-hybridized carbons (Fsp3) is 0.250. The topological polar surface area (TPSA) is 53.1 Å². The molecule has 0 bridgehead atoms. The summed E-state index contributed by atoms with van der Waals surface area (Å²) in [7, 11) is 1.64. The van der Waals surface area contributed by atoms with Crippen LogP contribution in [0.2, 0.25) is 0 Å². The average Bonchev–Trinajstić information content (AvgIpc) is 2.72. The Morgan fingerprint density at radius 3 is 2.88 bits per heavy atom. The lowest BCUT2D eigenvalue weighted by Crippen LogP contribution is -2.04. The van der Waals surface area contributed by atoms with Crippen LogP contribution in [-0.4, -0.2) is 22.6 Å². The molecule has 0 saturated heterocycles. The quantitative estimate of drug-likeness (QED) is 0.846. The van der Waals surface area contributed by atoms with E-state index in [4.69, 9.17) is 10.5 Å². The van der Waals surface area contributed by atoms with Crippen molar-refractivity contribution in [1.82, 2.24) is 9.78 Å². The normalized spacial score (nSPS) is 10.5. The average molecular weight is 249 g/mol. The number of aromatic nitrogens is 2. The van der Waals surface area contributed by atoms with Gasteiger partial charge in [-0.15, -0.1) is 11.8 Å². The number of methoxy groups -OCH3 is 1. The summed E-state index contributed by atoms with van der Waals surface area (Å²) in [5.41, 5.74) is 6.93. The Morgan fingerprint density at radius 1 is 1.41 bits per heavy atom. The van der Waals surface area contributed by atoms with Gasteiger partial charge in [0.25, 0.3) is 0 Å². The minimum atomic E-state index is 0.654. The summed E-state index contributed by atoms with van der Waals surface area (Å²) in [4.78, 5) is 0.999. The first kappa shape index (κ1) is 11.9. The number of thioether (sulfide) groups is 1. The molecule has 0 spiro atoms. The molecule has 90 valence electrons. The van der Waals surface area contributed by atoms with Gasteiger partial charge >= 0.3 is 0 Å². The van der Waals surface area contributed by atoms with Gasteiger partial charge in [-0.25, -0.2) is 4.68 Å². The van der Waals surface area contributed by atoms with Crippen molar-refractivity contribution >= 4 is 17.6 Å². The summed E-state index contributed by atoms with van der Waals surface area (Å²) in [6.45, 7) is 2.09. The van der Waals surface area contributed by atoms with Crippen LogP contribution >= 0.6 is 11.8 Å². The zero-order chi connectivity index (χ0) is 12.3. The summed E-state index contributed by atoms with van der Waals surface area (Å²) in [5, 5.41) is 4.30. The molecule has 2 rings (SSSR count). The molecule has 0 radical (unpaired) electrons. The molecule has 5 heteroatoms. The van der Waals surface area contributed by atoms with Crippen molar-refractivity contribution in [2.75, 3.05) is 18.6 Å². The molecule has 0 aliphatic rings. The molecular formula is C12H15N3OS. The van der Waals surface area contributed by atoms with Gasteiger partial charge in [0.2, 0.25) is 0 Å². The van der Waals surface area contributed by atoms with E-state index in [1.54, 1.807) is 29.8 Å². The Hall–Kier alpha value is -1.62. The highest BCUT2D eigenvalue weighted by Crippen LogP contribution is 2.29. The maximum atomic E-state index is 6.07. The van der Waals surface area contributed by atoms with Gasteiger partial charge in [-0.3, -0.25) is 0 Å². The largest absolute Gasteiger partial charge is 0.494 e. The van der Waals surface area contributed by atoms with E-state index in [0.717, 1.165) is 22.1 Å². The van der Waals surface area contributed by atoms with Crippen LogP contribution in [0.15, 0.2) is 35.4 Å². The SMILES string of the molecule is CCSc1cnn(-c2ccccc2OC)c1N. The molecule has 0 aliphatic carbocycles. The van der Waals surface area contributed by atoms with Gasteiger partial charge in [-0.1, -0.05) is 19.1 Å². The number of anilines is 1. The summed E-state index contributed by atoms with van der Waals surface area (Å²) >= 11 is 1.68. The van der Waals surface area contributed by atoms with E-state index in [9.17, 15) is 0 Å². The number of nitrogens with two attached hydrogens (primary N) is 1. The van der Waals surface area contributed by atoms with Gasteiger partial charge in [0.05, 0.1) is 18.2 Å². The predicted octanol–water partition coefficient (Wildman–Crippen LogP) is 2.58. The molecule has 2 aromatic rings. The smallest absolute Gasteiger partial charge is 0.144 e. The zero-order valence-corrected chi connectivity index (χ0v) is 10.7. The van der Waals surface area contributed by atoms with Gasteiger partial charge in [0.15, 0.2) is 0 Å². The predicted molar refractivity (Wildman–Crippen MR) is 70.9 cm³/mol. The van der Waals surface area contributed by atoms with E-state index >= 15 is 0 Å². The van der Waals surface area contributed by atoms with Gasteiger partial charge in [-0.2, -0.15) is 5.10 Å². The van der Waals surface area contributed by atoms with Crippen LogP contribution in [0.4, 0.5) is 5.82 Å². The minimum Gasteiger partial charge on any atom is -0.494 e. The lowest BCUT2D eigenvalue weighted by atomic mass is 10.3. The van der Waals surface area contributed by atoms with Crippen LogP contribution in [0.5, 0.6) is 5.75 Å². The lowest BCUT2D eigenvalue weighted by molar-refractivity contribution is 0.412. The third-order valence-corrected chi connectivity index (χ3v) is 3.30. The van der Waals surface area contributed by atoms with Crippen molar-refractivity contribution in [3.05, 3.63) is 30.5 Å². The molecule has 1 heterocycles. The van der Waals surface area contributed by atoms with Crippen LogP contribution in [0.1, 0.15) is 6.92 Å². The molecule has 1 aromatic heterocycles. The van der Waals surface area contributed by atoms with Gasteiger partial charge in [-0.05, 0) is 17.9 Å². The third kappa shape index (κ3) is 2.24. The molecule has 0 saturated carbocycles. The number of hydrogen-bond donors (Lipinski definition) is 1. The molecule has 0 unspecified atom stereocenters. The van der Waals surface area contributed by atoms with E-state index in [1.807, 2.05) is 24.3 Å². The monoisotopic (exact) mass is 249 g/mol. The summed E-state index contributed by atoms with van der Waals surface area (Å²) in [6, 6.07) is 7.68. The number of hydrogen-bond acceptors (Lipinski definition) is 4. The van der Waals surface area contributed by atoms with Crippen LogP contribution in [0.3, 0.4) is 0 Å². The van der Waals surface area contributed by atoms with E-state index in [0.29, 0.717) is 5.82 Å². The minimum absolute atomic E-state index is 0.654. The summed E-state index contributed by atoms with van der Waals surface area (Å²) in [6.07, 6.45) is 1.79. The van der Waals surface area contributed by atoms with Gasteiger partial charge < -0.3 is 10.5 Å². The maximum absolute atomic E-state index is 6.07. The Labute approximate surface area is 105 Å². The van der Waals surface area contributed by atoms with Crippen molar-refractivity contribution in [1.29, 1.82) is 0 Å². The first-order chi connectivity index (χ1) is 8.27. The van der Waals surface area contributed by atoms with Crippen molar-refractivity contribution in [2.45, 2.75) is 11.8 Å². The summed E-state index contributed by atoms with van der Waals surface area (Å²) < 4.78 is 7.01. The van der Waals surface area contributed by atoms with Crippen molar-refractivity contribution < 1.29 is 4.74 Å². The molecule has 0 atom stereocenters. The number of ether oxygens (including phenoxy) is 1. The Morgan fingerprint density at radius 2 is 2.18 bits per heavy atom. The van der Waals surface area contributed by atoms with Crippen LogP contribution in [-0.2, 0) is 0 Å². The van der Waals surface area contributed by atoms with Crippen LogP contribution in [0, 0.1) is 0 Å². The van der Waals surface area contributed by atoms with Gasteiger partial charge in [0.1, 0.15) is 17.3 Å². The molecule has 0 aliphatic heterocycles. The van der Waals surface area contributed by atoms with E-state index < -0.39 is 0 Å². The molecule has 0 fully saturated rings. The Bertz CT molecular complexity index is 510. The van der Waals surface area contributed by atoms with Gasteiger partial charge in [0, 0.05) is 0 Å². The number of para-hydroxylation sites is 2. The highest BCUT2D eigenvalue weighted by molar-refractivity contribution is 7.99. The Kier molecular flexibility index (Phi) is 3.58.